The van der Waals surface area contributed by atoms with Gasteiger partial charge in [0.05, 0.1) is 12.6 Å². The summed E-state index contributed by atoms with van der Waals surface area (Å²) >= 11 is 0. The zero-order valence-electron chi connectivity index (χ0n) is 14.9. The first-order chi connectivity index (χ1) is 13.1. The number of rotatable bonds is 5. The lowest BCUT2D eigenvalue weighted by Crippen LogP contribution is -2.39. The molecule has 7 nitrogen and oxygen atoms in total. The lowest BCUT2D eigenvalue weighted by atomic mass is 10.2. The van der Waals surface area contributed by atoms with Crippen LogP contribution in [0.5, 0.6) is 0 Å². The first kappa shape index (κ1) is 17.7. The number of carbonyl (C=O) groups is 2. The molecular weight excluding hydrogens is 351 g/mol. The largest absolute Gasteiger partial charge is 0.376 e. The Morgan fingerprint density at radius 2 is 2.11 bits per heavy atom. The quantitative estimate of drug-likeness (QED) is 0.865. The van der Waals surface area contributed by atoms with Crippen LogP contribution in [0.25, 0.3) is 0 Å². The fraction of sp³-hybridized carbons (Fsp3) is 0.421. The summed E-state index contributed by atoms with van der Waals surface area (Å²) in [6, 6.07) is 7.62. The van der Waals surface area contributed by atoms with E-state index >= 15 is 0 Å². The van der Waals surface area contributed by atoms with Crippen LogP contribution in [0.2, 0.25) is 0 Å². The first-order valence-electron chi connectivity index (χ1n) is 9.11. The second-order valence-corrected chi connectivity index (χ2v) is 6.84. The number of halogens is 1. The molecule has 3 heterocycles. The summed E-state index contributed by atoms with van der Waals surface area (Å²) < 4.78 is 20.1. The van der Waals surface area contributed by atoms with Gasteiger partial charge in [-0.1, -0.05) is 12.1 Å². The van der Waals surface area contributed by atoms with Crippen molar-refractivity contribution < 1.29 is 18.7 Å². The lowest BCUT2D eigenvalue weighted by Gasteiger charge is -2.27. The minimum Gasteiger partial charge on any atom is -0.376 e. The van der Waals surface area contributed by atoms with Gasteiger partial charge in [0, 0.05) is 32.3 Å². The van der Waals surface area contributed by atoms with E-state index < -0.39 is 0 Å². The highest BCUT2D eigenvalue weighted by Crippen LogP contribution is 2.17. The number of carbonyl (C=O) groups excluding carboxylic acids is 2. The van der Waals surface area contributed by atoms with Gasteiger partial charge in [0.1, 0.15) is 11.5 Å². The maximum Gasteiger partial charge on any atom is 0.272 e. The molecule has 1 atom stereocenters. The number of amides is 2. The molecule has 2 aliphatic rings. The Morgan fingerprint density at radius 1 is 1.30 bits per heavy atom. The van der Waals surface area contributed by atoms with E-state index in [4.69, 9.17) is 4.74 Å². The average molecular weight is 372 g/mol. The third-order valence-corrected chi connectivity index (χ3v) is 4.90. The monoisotopic (exact) mass is 372 g/mol. The molecule has 4 rings (SSSR count). The molecule has 0 unspecified atom stereocenters. The van der Waals surface area contributed by atoms with E-state index in [0.717, 1.165) is 25.0 Å². The number of ether oxygens (including phenoxy) is 1. The van der Waals surface area contributed by atoms with Gasteiger partial charge in [-0.25, -0.2) is 4.39 Å². The minimum atomic E-state index is -0.305. The first-order valence-corrected chi connectivity index (χ1v) is 9.11. The van der Waals surface area contributed by atoms with Gasteiger partial charge in [0.15, 0.2) is 5.69 Å². The molecule has 0 radical (unpaired) electrons. The van der Waals surface area contributed by atoms with Gasteiger partial charge >= 0.3 is 0 Å². The molecule has 2 aliphatic heterocycles. The van der Waals surface area contributed by atoms with Crippen molar-refractivity contribution in [1.29, 1.82) is 0 Å². The predicted octanol–water partition coefficient (Wildman–Crippen LogP) is 1.59. The topological polar surface area (TPSA) is 76.5 Å². The molecule has 27 heavy (non-hydrogen) atoms. The van der Waals surface area contributed by atoms with Crippen LogP contribution in [0.4, 0.5) is 4.39 Å². The van der Waals surface area contributed by atoms with E-state index in [-0.39, 0.29) is 29.4 Å². The summed E-state index contributed by atoms with van der Waals surface area (Å²) in [4.78, 5) is 26.7. The van der Waals surface area contributed by atoms with E-state index in [1.54, 1.807) is 21.7 Å². The van der Waals surface area contributed by atoms with E-state index in [2.05, 4.69) is 10.4 Å². The maximum absolute atomic E-state index is 13.0. The fourth-order valence-corrected chi connectivity index (χ4v) is 3.41. The lowest BCUT2D eigenvalue weighted by molar-refractivity contribution is 0.0683. The van der Waals surface area contributed by atoms with Gasteiger partial charge in [0.25, 0.3) is 11.8 Å². The number of nitrogens with one attached hydrogen (secondary N) is 1. The van der Waals surface area contributed by atoms with Crippen molar-refractivity contribution in [2.75, 3.05) is 19.7 Å². The molecule has 1 saturated heterocycles. The predicted molar refractivity (Wildman–Crippen MR) is 94.7 cm³/mol. The van der Waals surface area contributed by atoms with Crippen LogP contribution in [-0.2, 0) is 17.8 Å². The Balaban J connectivity index is 1.41. The van der Waals surface area contributed by atoms with Crippen LogP contribution in [0.1, 0.15) is 39.4 Å². The summed E-state index contributed by atoms with van der Waals surface area (Å²) in [6.07, 6.45) is 2.01. The molecule has 8 heteroatoms. The molecule has 0 aliphatic carbocycles. The number of nitrogens with zero attached hydrogens (tertiary/aromatic N) is 3. The summed E-state index contributed by atoms with van der Waals surface area (Å²) in [7, 11) is 0. The Hall–Kier alpha value is -2.74. The number of aromatic nitrogens is 2. The van der Waals surface area contributed by atoms with Crippen LogP contribution in [0.15, 0.2) is 30.3 Å². The van der Waals surface area contributed by atoms with Crippen LogP contribution in [0.3, 0.4) is 0 Å². The summed E-state index contributed by atoms with van der Waals surface area (Å²) in [6.45, 7) is 2.58. The Labute approximate surface area is 156 Å². The van der Waals surface area contributed by atoms with Crippen molar-refractivity contribution in [3.8, 4) is 0 Å². The minimum absolute atomic E-state index is 0.0547. The molecule has 1 aromatic heterocycles. The number of benzene rings is 1. The van der Waals surface area contributed by atoms with Crippen molar-refractivity contribution in [2.45, 2.75) is 32.0 Å². The molecule has 1 aromatic carbocycles. The Bertz CT molecular complexity index is 843. The van der Waals surface area contributed by atoms with E-state index in [0.29, 0.717) is 31.9 Å². The molecule has 142 valence electrons. The zero-order valence-corrected chi connectivity index (χ0v) is 14.9. The number of fused-ring (bicyclic) bond motifs is 1. The van der Waals surface area contributed by atoms with Crippen molar-refractivity contribution in [1.82, 2.24) is 20.0 Å². The van der Waals surface area contributed by atoms with Gasteiger partial charge < -0.3 is 15.0 Å². The second-order valence-electron chi connectivity index (χ2n) is 6.84. The van der Waals surface area contributed by atoms with Crippen molar-refractivity contribution in [2.24, 2.45) is 0 Å². The zero-order chi connectivity index (χ0) is 18.8. The molecule has 2 aromatic rings. The van der Waals surface area contributed by atoms with Gasteiger partial charge in [-0.15, -0.1) is 0 Å². The molecule has 0 spiro atoms. The Kier molecular flexibility index (Phi) is 4.89. The van der Waals surface area contributed by atoms with E-state index in [1.165, 1.54) is 18.2 Å². The SMILES string of the molecule is O=C(NC[C@H]1CCCO1)c1cc2n(n1)CCN(Cc1ccc(F)cc1)C2=O. The summed E-state index contributed by atoms with van der Waals surface area (Å²) in [5, 5.41) is 7.09. The van der Waals surface area contributed by atoms with Crippen LogP contribution < -0.4 is 5.32 Å². The van der Waals surface area contributed by atoms with Gasteiger partial charge in [-0.2, -0.15) is 5.10 Å². The third-order valence-electron chi connectivity index (χ3n) is 4.90. The highest BCUT2D eigenvalue weighted by molar-refractivity contribution is 5.98. The average Bonchev–Trinajstić information content (AvgIpc) is 3.34. The van der Waals surface area contributed by atoms with Crippen molar-refractivity contribution in [3.63, 3.8) is 0 Å². The normalized spacial score (nSPS) is 19.2. The van der Waals surface area contributed by atoms with Gasteiger partial charge in [0.2, 0.25) is 0 Å². The molecular formula is C19H21FN4O3. The molecule has 1 N–H and O–H groups in total. The highest BCUT2D eigenvalue weighted by atomic mass is 19.1. The van der Waals surface area contributed by atoms with Crippen LogP contribution in [-0.4, -0.2) is 52.3 Å². The van der Waals surface area contributed by atoms with Crippen molar-refractivity contribution >= 4 is 11.8 Å². The number of hydrogen-bond donors (Lipinski definition) is 1. The molecule has 1 fully saturated rings. The van der Waals surface area contributed by atoms with Crippen molar-refractivity contribution in [3.05, 3.63) is 53.1 Å². The smallest absolute Gasteiger partial charge is 0.272 e. The van der Waals surface area contributed by atoms with E-state index in [9.17, 15) is 14.0 Å². The molecule has 0 saturated carbocycles. The summed E-state index contributed by atoms with van der Waals surface area (Å²) in [5.41, 5.74) is 1.48. The molecule has 0 bridgehead atoms. The highest BCUT2D eigenvalue weighted by Gasteiger charge is 2.28. The summed E-state index contributed by atoms with van der Waals surface area (Å²) in [5.74, 6) is -0.790. The third kappa shape index (κ3) is 3.85. The Morgan fingerprint density at radius 3 is 2.85 bits per heavy atom. The molecule has 2 amide bonds. The second kappa shape index (κ2) is 7.48. The van der Waals surface area contributed by atoms with Crippen LogP contribution >= 0.6 is 0 Å². The van der Waals surface area contributed by atoms with Crippen LogP contribution in [0, 0.1) is 5.82 Å². The van der Waals surface area contributed by atoms with Gasteiger partial charge in [-0.05, 0) is 30.5 Å². The maximum atomic E-state index is 13.0. The van der Waals surface area contributed by atoms with Gasteiger partial charge in [-0.3, -0.25) is 14.3 Å². The standard InChI is InChI=1S/C19H21FN4O3/c20-14-5-3-13(4-6-14)12-23-7-8-24-17(19(23)26)10-16(22-24)18(25)21-11-15-2-1-9-27-15/h3-6,10,15H,1-2,7-9,11-12H2,(H,21,25)/t15-/m1/s1. The van der Waals surface area contributed by atoms with E-state index in [1.807, 2.05) is 0 Å². The number of hydrogen-bond acceptors (Lipinski definition) is 4. The fourth-order valence-electron chi connectivity index (χ4n) is 3.41.